The number of H-pyrrole nitrogens is 1. The first-order valence-electron chi connectivity index (χ1n) is 15.1. The van der Waals surface area contributed by atoms with E-state index >= 15 is 0 Å². The fourth-order valence-electron chi connectivity index (χ4n) is 6.35. The van der Waals surface area contributed by atoms with Gasteiger partial charge in [0.1, 0.15) is 6.04 Å². The lowest BCUT2D eigenvalue weighted by Gasteiger charge is -2.39. The zero-order chi connectivity index (χ0) is 32.4. The molecule has 0 aliphatic heterocycles. The Labute approximate surface area is 268 Å². The van der Waals surface area contributed by atoms with Crippen molar-refractivity contribution in [3.8, 4) is 5.69 Å². The Kier molecular flexibility index (Phi) is 7.73. The molecule has 3 heterocycles. The molecule has 0 fully saturated rings. The fourth-order valence-corrected chi connectivity index (χ4v) is 6.35. The van der Waals surface area contributed by atoms with Crippen LogP contribution in [0.3, 0.4) is 0 Å². The average Bonchev–Trinajstić information content (AvgIpc) is 3.12. The van der Waals surface area contributed by atoms with E-state index in [9.17, 15) is 19.5 Å². The highest BCUT2D eigenvalue weighted by Crippen LogP contribution is 2.38. The van der Waals surface area contributed by atoms with E-state index in [4.69, 9.17) is 0 Å². The molecule has 3 aromatic heterocycles. The first kappa shape index (κ1) is 29.5. The summed E-state index contributed by atoms with van der Waals surface area (Å²) in [7, 11) is 0. The third kappa shape index (κ3) is 5.28. The van der Waals surface area contributed by atoms with Crippen molar-refractivity contribution in [2.24, 2.45) is 0 Å². The molecule has 0 bridgehead atoms. The van der Waals surface area contributed by atoms with Crippen molar-refractivity contribution in [3.63, 3.8) is 0 Å². The Morgan fingerprint density at radius 2 is 1.38 bits per heavy atom. The summed E-state index contributed by atoms with van der Waals surface area (Å²) >= 11 is 0. The molecular weight excluding hydrogens is 590 g/mol. The smallest absolute Gasteiger partial charge is 0.333 e. The molecule has 0 saturated heterocycles. The molecule has 0 spiro atoms. The van der Waals surface area contributed by atoms with Crippen LogP contribution in [0.5, 0.6) is 0 Å². The Balaban J connectivity index is 1.37. The van der Waals surface area contributed by atoms with Gasteiger partial charge < -0.3 is 10.1 Å². The van der Waals surface area contributed by atoms with Crippen LogP contribution in [-0.2, 0) is 16.8 Å². The lowest BCUT2D eigenvalue weighted by Crippen LogP contribution is -2.53. The van der Waals surface area contributed by atoms with Crippen LogP contribution in [-0.4, -0.2) is 36.6 Å². The van der Waals surface area contributed by atoms with Crippen molar-refractivity contribution < 1.29 is 9.90 Å². The molecule has 0 amide bonds. The van der Waals surface area contributed by atoms with Crippen LogP contribution in [0, 0.1) is 0 Å². The average molecular weight is 620 g/mol. The highest BCUT2D eigenvalue weighted by molar-refractivity contribution is 5.90. The molecule has 7 rings (SSSR count). The van der Waals surface area contributed by atoms with Crippen LogP contribution in [0.2, 0.25) is 0 Å². The number of fused-ring (bicyclic) bond motifs is 2. The number of rotatable bonds is 9. The number of benzene rings is 4. The van der Waals surface area contributed by atoms with Gasteiger partial charge in [-0.25, -0.2) is 9.36 Å². The summed E-state index contributed by atoms with van der Waals surface area (Å²) < 4.78 is 1.06. The van der Waals surface area contributed by atoms with Crippen LogP contribution >= 0.6 is 0 Å². The number of carbonyl (C=O) groups is 1. The van der Waals surface area contributed by atoms with E-state index in [0.29, 0.717) is 33.1 Å². The molecule has 4 aromatic carbocycles. The van der Waals surface area contributed by atoms with Crippen LogP contribution < -0.4 is 16.6 Å². The third-order valence-electron chi connectivity index (χ3n) is 8.51. The standard InChI is InChI=1S/C38H29N5O4/c44-35-30-20-22-39-24-32(30)41-37(47)43(35)33-19-18-25(29-17-10-21-40-34(29)33)23-31(36(45)46)42-38(26-11-4-1-5-12-26,27-13-6-2-7-14-27)28-15-8-3-9-16-28/h1-22,24,31,42H,23H2,(H,41,47)(H,45,46). The van der Waals surface area contributed by atoms with Crippen LogP contribution in [0.25, 0.3) is 27.5 Å². The van der Waals surface area contributed by atoms with Gasteiger partial charge in [0.05, 0.1) is 33.8 Å². The lowest BCUT2D eigenvalue weighted by molar-refractivity contribution is -0.139. The number of nitrogens with zero attached hydrogens (tertiary/aromatic N) is 3. The van der Waals surface area contributed by atoms with Gasteiger partial charge in [0.25, 0.3) is 5.56 Å². The number of carboxylic acid groups (broad SMARTS) is 1. The number of aromatic amines is 1. The molecule has 0 aliphatic carbocycles. The topological polar surface area (TPSA) is 130 Å². The highest BCUT2D eigenvalue weighted by atomic mass is 16.4. The minimum Gasteiger partial charge on any atom is -0.480 e. The number of aliphatic carboxylic acids is 1. The number of hydrogen-bond acceptors (Lipinski definition) is 6. The maximum Gasteiger partial charge on any atom is 0.333 e. The van der Waals surface area contributed by atoms with Crippen molar-refractivity contribution in [2.45, 2.75) is 18.0 Å². The van der Waals surface area contributed by atoms with Crippen molar-refractivity contribution in [1.29, 1.82) is 0 Å². The summed E-state index contributed by atoms with van der Waals surface area (Å²) in [6, 6.07) is 36.9. The van der Waals surface area contributed by atoms with E-state index in [0.717, 1.165) is 21.3 Å². The first-order valence-corrected chi connectivity index (χ1v) is 15.1. The minimum absolute atomic E-state index is 0.0840. The van der Waals surface area contributed by atoms with Gasteiger partial charge in [0, 0.05) is 17.8 Å². The molecule has 0 saturated carbocycles. The summed E-state index contributed by atoms with van der Waals surface area (Å²) in [4.78, 5) is 51.1. The summed E-state index contributed by atoms with van der Waals surface area (Å²) in [5, 5.41) is 15.3. The molecule has 1 unspecified atom stereocenters. The zero-order valence-electron chi connectivity index (χ0n) is 25.1. The predicted molar refractivity (Wildman–Crippen MR) is 181 cm³/mol. The molecule has 7 aromatic rings. The maximum absolute atomic E-state index is 13.5. The van der Waals surface area contributed by atoms with Crippen LogP contribution in [0.15, 0.2) is 150 Å². The number of hydrogen-bond donors (Lipinski definition) is 3. The van der Waals surface area contributed by atoms with Gasteiger partial charge in [-0.05, 0) is 46.9 Å². The zero-order valence-corrected chi connectivity index (χ0v) is 25.1. The van der Waals surface area contributed by atoms with Gasteiger partial charge >= 0.3 is 11.7 Å². The van der Waals surface area contributed by atoms with Gasteiger partial charge in [-0.1, -0.05) is 103 Å². The van der Waals surface area contributed by atoms with Gasteiger partial charge in [-0.2, -0.15) is 0 Å². The summed E-state index contributed by atoms with van der Waals surface area (Å²) in [6.45, 7) is 0. The number of carboxylic acids is 1. The van der Waals surface area contributed by atoms with E-state index in [2.05, 4.69) is 20.3 Å². The van der Waals surface area contributed by atoms with Crippen molar-refractivity contribution in [3.05, 3.63) is 183 Å². The lowest BCUT2D eigenvalue weighted by atomic mass is 9.76. The second-order valence-corrected chi connectivity index (χ2v) is 11.2. The minimum atomic E-state index is -1.07. The normalized spacial score (nSPS) is 12.3. The summed E-state index contributed by atoms with van der Waals surface area (Å²) in [5.41, 5.74) is 2.23. The van der Waals surface area contributed by atoms with Crippen LogP contribution in [0.4, 0.5) is 0 Å². The second-order valence-electron chi connectivity index (χ2n) is 11.2. The predicted octanol–water partition coefficient (Wildman–Crippen LogP) is 5.20. The Morgan fingerprint density at radius 3 is 1.98 bits per heavy atom. The van der Waals surface area contributed by atoms with Crippen molar-refractivity contribution >= 4 is 27.8 Å². The third-order valence-corrected chi connectivity index (χ3v) is 8.51. The van der Waals surface area contributed by atoms with Gasteiger partial charge in [-0.3, -0.25) is 24.9 Å². The van der Waals surface area contributed by atoms with Crippen molar-refractivity contribution in [1.82, 2.24) is 24.8 Å². The van der Waals surface area contributed by atoms with Crippen LogP contribution in [0.1, 0.15) is 22.3 Å². The Bertz CT molecular complexity index is 2240. The number of aromatic nitrogens is 4. The molecule has 0 aliphatic rings. The molecule has 0 radical (unpaired) electrons. The van der Waals surface area contributed by atoms with E-state index < -0.39 is 28.8 Å². The fraction of sp³-hybridized carbons (Fsp3) is 0.0789. The molecule has 9 nitrogen and oxygen atoms in total. The van der Waals surface area contributed by atoms with Gasteiger partial charge in [0.15, 0.2) is 0 Å². The molecular formula is C38H29N5O4. The molecule has 9 heteroatoms. The molecule has 3 N–H and O–H groups in total. The van der Waals surface area contributed by atoms with E-state index in [-0.39, 0.29) is 6.42 Å². The number of pyridine rings is 2. The number of nitrogens with one attached hydrogen (secondary N) is 2. The quantitative estimate of drug-likeness (QED) is 0.190. The Hall–Kier alpha value is -6.19. The summed E-state index contributed by atoms with van der Waals surface area (Å²) in [5.74, 6) is -1.03. The monoisotopic (exact) mass is 619 g/mol. The molecule has 47 heavy (non-hydrogen) atoms. The first-order chi connectivity index (χ1) is 23.0. The molecule has 1 atom stereocenters. The van der Waals surface area contributed by atoms with E-state index in [1.807, 2.05) is 97.1 Å². The second kappa shape index (κ2) is 12.3. The van der Waals surface area contributed by atoms with E-state index in [1.54, 1.807) is 30.5 Å². The highest BCUT2D eigenvalue weighted by Gasteiger charge is 2.40. The Morgan fingerprint density at radius 1 is 0.766 bits per heavy atom. The van der Waals surface area contributed by atoms with Gasteiger partial charge in [0.2, 0.25) is 0 Å². The largest absolute Gasteiger partial charge is 0.480 e. The summed E-state index contributed by atoms with van der Waals surface area (Å²) in [6.07, 6.45) is 4.59. The maximum atomic E-state index is 13.5. The van der Waals surface area contributed by atoms with Crippen molar-refractivity contribution in [2.75, 3.05) is 0 Å². The van der Waals surface area contributed by atoms with E-state index in [1.165, 1.54) is 12.4 Å². The molecule has 230 valence electrons. The SMILES string of the molecule is O=C(O)C(Cc1ccc(-n2c(=O)[nH]c3cnccc3c2=O)c2ncccc12)NC(c1ccccc1)(c1ccccc1)c1ccccc1. The van der Waals surface area contributed by atoms with Gasteiger partial charge in [-0.15, -0.1) is 0 Å².